The number of morpholine rings is 1. The van der Waals surface area contributed by atoms with Crippen LogP contribution in [0.4, 0.5) is 4.39 Å². The molecule has 8 nitrogen and oxygen atoms in total. The zero-order valence-corrected chi connectivity index (χ0v) is 24.1. The number of hydrogen-bond acceptors (Lipinski definition) is 6. The molecular weight excluding hydrogens is 521 g/mol. The number of likely N-dealkylation sites (tertiary alicyclic amines) is 1. The van der Waals surface area contributed by atoms with Gasteiger partial charge in [0, 0.05) is 63.0 Å². The Balaban J connectivity index is 1.36. The van der Waals surface area contributed by atoms with Gasteiger partial charge in [0.15, 0.2) is 0 Å². The van der Waals surface area contributed by atoms with Crippen LogP contribution in [0.2, 0.25) is 0 Å². The molecule has 3 aliphatic rings. The number of halogens is 1. The lowest BCUT2D eigenvalue weighted by Crippen LogP contribution is -2.50. The molecule has 9 heteroatoms. The first-order valence-corrected chi connectivity index (χ1v) is 15.1. The van der Waals surface area contributed by atoms with Crippen LogP contribution in [0.1, 0.15) is 53.6 Å². The normalized spacial score (nSPS) is 25.4. The molecule has 0 aromatic heterocycles. The maximum Gasteiger partial charge on any atom is 0.254 e. The highest BCUT2D eigenvalue weighted by molar-refractivity contribution is 5.98. The summed E-state index contributed by atoms with van der Waals surface area (Å²) in [6, 6.07) is 13.9. The summed E-state index contributed by atoms with van der Waals surface area (Å²) >= 11 is 0. The fourth-order valence-corrected chi connectivity index (χ4v) is 6.28. The number of benzene rings is 2. The predicted octanol–water partition coefficient (Wildman–Crippen LogP) is 2.94. The van der Waals surface area contributed by atoms with Gasteiger partial charge in [-0.05, 0) is 68.9 Å². The van der Waals surface area contributed by atoms with Crippen molar-refractivity contribution < 1.29 is 18.7 Å². The van der Waals surface area contributed by atoms with E-state index in [9.17, 15) is 14.0 Å². The Morgan fingerprint density at radius 2 is 1.71 bits per heavy atom. The molecule has 3 fully saturated rings. The molecule has 1 aliphatic carbocycles. The minimum absolute atomic E-state index is 0.0114. The minimum atomic E-state index is -0.586. The van der Waals surface area contributed by atoms with Crippen LogP contribution in [-0.2, 0) is 16.1 Å². The van der Waals surface area contributed by atoms with Crippen LogP contribution in [0, 0.1) is 12.7 Å². The number of rotatable bonds is 9. The van der Waals surface area contributed by atoms with E-state index in [2.05, 4.69) is 46.3 Å². The van der Waals surface area contributed by atoms with Crippen molar-refractivity contribution in [2.75, 3.05) is 45.9 Å². The van der Waals surface area contributed by atoms with Crippen molar-refractivity contribution in [1.29, 1.82) is 0 Å². The van der Waals surface area contributed by atoms with Crippen molar-refractivity contribution >= 4 is 11.8 Å². The molecule has 2 amide bonds. The molecule has 2 atom stereocenters. The van der Waals surface area contributed by atoms with E-state index >= 15 is 0 Å². The number of amides is 2. The van der Waals surface area contributed by atoms with Gasteiger partial charge in [0.1, 0.15) is 11.9 Å². The third kappa shape index (κ3) is 7.92. The van der Waals surface area contributed by atoms with Gasteiger partial charge in [-0.2, -0.15) is 0 Å². The average molecular weight is 566 g/mol. The topological polar surface area (TPSA) is 91.1 Å². The second-order valence-electron chi connectivity index (χ2n) is 11.9. The lowest BCUT2D eigenvalue weighted by molar-refractivity contribution is -0.125. The first kappa shape index (κ1) is 29.6. The van der Waals surface area contributed by atoms with E-state index in [4.69, 9.17) is 10.5 Å². The molecule has 0 bridgehead atoms. The lowest BCUT2D eigenvalue weighted by Gasteiger charge is -2.33. The van der Waals surface area contributed by atoms with E-state index in [0.29, 0.717) is 18.5 Å². The molecule has 5 rings (SSSR count). The summed E-state index contributed by atoms with van der Waals surface area (Å²) in [5.41, 5.74) is 8.90. The van der Waals surface area contributed by atoms with Crippen molar-refractivity contribution in [1.82, 2.24) is 20.0 Å². The van der Waals surface area contributed by atoms with Crippen molar-refractivity contribution in [3.63, 3.8) is 0 Å². The minimum Gasteiger partial charge on any atom is -0.379 e. The molecule has 2 heterocycles. The van der Waals surface area contributed by atoms with Gasteiger partial charge in [0.2, 0.25) is 5.91 Å². The number of aryl methyl sites for hydroxylation is 1. The third-order valence-corrected chi connectivity index (χ3v) is 8.88. The number of nitrogens with one attached hydrogen (secondary N) is 1. The highest BCUT2D eigenvalue weighted by atomic mass is 19.1. The average Bonchev–Trinajstić information content (AvgIpc) is 3.44. The van der Waals surface area contributed by atoms with Crippen LogP contribution < -0.4 is 11.1 Å². The molecule has 2 aliphatic heterocycles. The summed E-state index contributed by atoms with van der Waals surface area (Å²) in [6.45, 7) is 8.30. The van der Waals surface area contributed by atoms with Gasteiger partial charge in [0.25, 0.3) is 5.91 Å². The molecule has 2 unspecified atom stereocenters. The Hall–Kier alpha value is -2.85. The van der Waals surface area contributed by atoms with Crippen LogP contribution in [-0.4, -0.2) is 96.6 Å². The van der Waals surface area contributed by atoms with Crippen LogP contribution in [0.15, 0.2) is 48.5 Å². The maximum absolute atomic E-state index is 13.7. The zero-order valence-electron chi connectivity index (χ0n) is 24.1. The number of nitrogens with zero attached hydrogens (tertiary/aromatic N) is 3. The van der Waals surface area contributed by atoms with Gasteiger partial charge in [-0.25, -0.2) is 4.39 Å². The molecule has 0 spiro atoms. The molecule has 3 N–H and O–H groups in total. The predicted molar refractivity (Wildman–Crippen MR) is 157 cm³/mol. The van der Waals surface area contributed by atoms with Crippen molar-refractivity contribution in [3.8, 4) is 0 Å². The first-order valence-electron chi connectivity index (χ1n) is 15.1. The Labute approximate surface area is 243 Å². The number of nitrogens with two attached hydrogens (primary N) is 1. The number of carbonyl (C=O) groups is 2. The second-order valence-corrected chi connectivity index (χ2v) is 11.9. The number of ether oxygens (including phenoxy) is 1. The molecule has 1 saturated carbocycles. The lowest BCUT2D eigenvalue weighted by atomic mass is 9.91. The molecule has 2 saturated heterocycles. The van der Waals surface area contributed by atoms with Crippen LogP contribution in [0.25, 0.3) is 0 Å². The monoisotopic (exact) mass is 565 g/mol. The summed E-state index contributed by atoms with van der Waals surface area (Å²) in [4.78, 5) is 34.0. The van der Waals surface area contributed by atoms with Gasteiger partial charge in [-0.15, -0.1) is 0 Å². The van der Waals surface area contributed by atoms with E-state index in [1.54, 1.807) is 4.90 Å². The molecule has 2 aromatic rings. The van der Waals surface area contributed by atoms with E-state index in [-0.39, 0.29) is 29.9 Å². The SMILES string of the molecule is Cc1ccc(CN(CCN2CCOCC2)C2CC(C(=O)NC3CCC(N)CC3)N(C(=O)c3ccc(F)cc3)C2)cc1. The fourth-order valence-electron chi connectivity index (χ4n) is 6.28. The van der Waals surface area contributed by atoms with E-state index in [0.717, 1.165) is 71.6 Å². The van der Waals surface area contributed by atoms with E-state index in [1.807, 2.05) is 0 Å². The Morgan fingerprint density at radius 1 is 1.02 bits per heavy atom. The van der Waals surface area contributed by atoms with Crippen molar-refractivity contribution in [2.45, 2.75) is 69.7 Å². The molecular formula is C32H44FN5O3. The Morgan fingerprint density at radius 3 is 2.39 bits per heavy atom. The second kappa shape index (κ2) is 13.9. The molecule has 41 heavy (non-hydrogen) atoms. The summed E-state index contributed by atoms with van der Waals surface area (Å²) in [5, 5.41) is 3.24. The van der Waals surface area contributed by atoms with Crippen LogP contribution in [0.5, 0.6) is 0 Å². The largest absolute Gasteiger partial charge is 0.379 e. The molecule has 0 radical (unpaired) electrons. The van der Waals surface area contributed by atoms with Crippen LogP contribution >= 0.6 is 0 Å². The van der Waals surface area contributed by atoms with Gasteiger partial charge in [-0.1, -0.05) is 29.8 Å². The Bertz CT molecular complexity index is 1150. The van der Waals surface area contributed by atoms with Gasteiger partial charge >= 0.3 is 0 Å². The third-order valence-electron chi connectivity index (χ3n) is 8.88. The van der Waals surface area contributed by atoms with Gasteiger partial charge in [0.05, 0.1) is 13.2 Å². The number of carbonyl (C=O) groups excluding carboxylic acids is 2. The smallest absolute Gasteiger partial charge is 0.254 e. The maximum atomic E-state index is 13.7. The summed E-state index contributed by atoms with van der Waals surface area (Å²) < 4.78 is 19.2. The highest BCUT2D eigenvalue weighted by Crippen LogP contribution is 2.27. The van der Waals surface area contributed by atoms with Gasteiger partial charge < -0.3 is 20.7 Å². The summed E-state index contributed by atoms with van der Waals surface area (Å²) in [5.74, 6) is -0.730. The number of hydrogen-bond donors (Lipinski definition) is 2. The fraction of sp³-hybridized carbons (Fsp3) is 0.562. The summed E-state index contributed by atoms with van der Waals surface area (Å²) in [7, 11) is 0. The summed E-state index contributed by atoms with van der Waals surface area (Å²) in [6.07, 6.45) is 4.05. The van der Waals surface area contributed by atoms with Gasteiger partial charge in [-0.3, -0.25) is 19.4 Å². The Kier molecular flexibility index (Phi) is 10.0. The van der Waals surface area contributed by atoms with E-state index < -0.39 is 11.9 Å². The van der Waals surface area contributed by atoms with Crippen LogP contribution in [0.3, 0.4) is 0 Å². The molecule has 222 valence electrons. The molecule has 2 aromatic carbocycles. The van der Waals surface area contributed by atoms with Crippen molar-refractivity contribution in [2.24, 2.45) is 5.73 Å². The first-order chi connectivity index (χ1) is 19.9. The van der Waals surface area contributed by atoms with E-state index in [1.165, 1.54) is 35.4 Å². The quantitative estimate of drug-likeness (QED) is 0.486. The highest BCUT2D eigenvalue weighted by Gasteiger charge is 2.42. The zero-order chi connectivity index (χ0) is 28.8. The standard InChI is InChI=1S/C32H44FN5O3/c1-23-2-4-24(5-3-23)21-37(15-14-36-16-18-41-19-17-36)29-20-30(31(39)35-28-12-10-27(34)11-13-28)38(22-29)32(40)25-6-8-26(33)9-7-25/h2-9,27-30H,10-22,34H2,1H3,(H,35,39). The van der Waals surface area contributed by atoms with Crippen molar-refractivity contribution in [3.05, 3.63) is 71.0 Å².